The molecule has 0 aliphatic carbocycles. The molecule has 5 rings (SSSR count). The zero-order valence-corrected chi connectivity index (χ0v) is 23.0. The molecular weight excluding hydrogens is 568 g/mol. The Kier molecular flexibility index (Phi) is 8.27. The number of hydrogen-bond donors (Lipinski definition) is 1. The second-order valence-corrected chi connectivity index (χ2v) is 10.9. The molecule has 1 N–H and O–H groups in total. The molecule has 1 heterocycles. The van der Waals surface area contributed by atoms with Crippen molar-refractivity contribution in [2.24, 2.45) is 4.76 Å². The molecule has 1 atom stereocenters. The lowest BCUT2D eigenvalue weighted by Gasteiger charge is -2.38. The molecule has 0 fully saturated rings. The van der Waals surface area contributed by atoms with Gasteiger partial charge in [0.05, 0.1) is 6.04 Å². The number of alkyl halides is 3. The number of aromatic hydroxyl groups is 1. The molecule has 216 valence electrons. The second-order valence-electron chi connectivity index (χ2n) is 9.36. The van der Waals surface area contributed by atoms with Crippen LogP contribution in [0.3, 0.4) is 0 Å². The van der Waals surface area contributed by atoms with Crippen molar-refractivity contribution in [2.75, 3.05) is 0 Å². The Labute approximate surface area is 240 Å². The third kappa shape index (κ3) is 7.14. The maximum atomic E-state index is 14.3. The van der Waals surface area contributed by atoms with Crippen molar-refractivity contribution in [1.82, 2.24) is 4.90 Å². The molecule has 0 spiro atoms. The molecule has 0 bridgehead atoms. The number of nitrogens with zero attached hydrogens (tertiary/aromatic N) is 2. The van der Waals surface area contributed by atoms with E-state index in [-0.39, 0.29) is 41.8 Å². The Morgan fingerprint density at radius 2 is 1.52 bits per heavy atom. The SMILES string of the molecule is C=CC1c2cc(O)ccc2C/C(=N/P(=O)(Oc2ccccc2)Oc2ccccc2)N1Cc1cccc(OC(F)(F)F)c1. The van der Waals surface area contributed by atoms with Gasteiger partial charge in [0.1, 0.15) is 28.8 Å². The molecular formula is C31H26F3N2O5P. The summed E-state index contributed by atoms with van der Waals surface area (Å²) in [5, 5.41) is 10.2. The minimum absolute atomic E-state index is 0.0343. The zero-order chi connectivity index (χ0) is 29.7. The summed E-state index contributed by atoms with van der Waals surface area (Å²) in [5.74, 6) is 0.480. The van der Waals surface area contributed by atoms with Gasteiger partial charge in [0, 0.05) is 13.0 Å². The fourth-order valence-electron chi connectivity index (χ4n) is 4.62. The Morgan fingerprint density at radius 1 is 0.905 bits per heavy atom. The maximum absolute atomic E-state index is 14.3. The standard InChI is InChI=1S/C31H26F3N2O5P/c1-2-29-28-20-24(37)17-16-23(28)19-30(36(29)21-22-10-9-15-27(18-22)39-31(32,33)34)35-42(38,40-25-11-5-3-6-12-25)41-26-13-7-4-8-14-26/h2-18,20,29,37H,1,19,21H2/b35-30-. The van der Waals surface area contributed by atoms with E-state index in [2.05, 4.69) is 16.1 Å². The Hall–Kier alpha value is -4.69. The number of hydrogen-bond acceptors (Lipinski definition) is 5. The minimum atomic E-state index is -4.85. The first-order valence-electron chi connectivity index (χ1n) is 12.8. The van der Waals surface area contributed by atoms with Crippen LogP contribution < -0.4 is 13.8 Å². The third-order valence-corrected chi connectivity index (χ3v) is 7.70. The largest absolute Gasteiger partial charge is 0.573 e. The summed E-state index contributed by atoms with van der Waals surface area (Å²) >= 11 is 0. The minimum Gasteiger partial charge on any atom is -0.508 e. The van der Waals surface area contributed by atoms with Crippen LogP contribution in [0.15, 0.2) is 121 Å². The number of phenolic OH excluding ortho intramolecular Hbond substituents is 1. The monoisotopic (exact) mass is 594 g/mol. The van der Waals surface area contributed by atoms with Crippen molar-refractivity contribution in [3.05, 3.63) is 132 Å². The van der Waals surface area contributed by atoms with E-state index in [0.29, 0.717) is 5.56 Å². The van der Waals surface area contributed by atoms with Crippen LogP contribution in [0, 0.1) is 0 Å². The Morgan fingerprint density at radius 3 is 2.12 bits per heavy atom. The fourth-order valence-corrected chi connectivity index (χ4v) is 5.99. The molecule has 1 aliphatic heterocycles. The van der Waals surface area contributed by atoms with Gasteiger partial charge in [-0.3, -0.25) is 0 Å². The predicted octanol–water partition coefficient (Wildman–Crippen LogP) is 8.24. The molecule has 4 aromatic rings. The van der Waals surface area contributed by atoms with Crippen LogP contribution in [0.25, 0.3) is 0 Å². The van der Waals surface area contributed by atoms with E-state index in [1.54, 1.807) is 89.8 Å². The maximum Gasteiger partial charge on any atom is 0.573 e. The lowest BCUT2D eigenvalue weighted by molar-refractivity contribution is -0.274. The lowest BCUT2D eigenvalue weighted by atomic mass is 9.91. The highest BCUT2D eigenvalue weighted by Gasteiger charge is 2.36. The molecule has 0 aromatic heterocycles. The van der Waals surface area contributed by atoms with Gasteiger partial charge in [0.2, 0.25) is 0 Å². The van der Waals surface area contributed by atoms with Crippen molar-refractivity contribution in [3.63, 3.8) is 0 Å². The van der Waals surface area contributed by atoms with Crippen LogP contribution in [0.1, 0.15) is 22.7 Å². The van der Waals surface area contributed by atoms with Gasteiger partial charge in [0.15, 0.2) is 0 Å². The number of rotatable bonds is 9. The van der Waals surface area contributed by atoms with E-state index in [0.717, 1.165) is 11.1 Å². The summed E-state index contributed by atoms with van der Waals surface area (Å²) in [6, 6.07) is 26.7. The molecule has 11 heteroatoms. The molecule has 0 saturated carbocycles. The number of benzene rings is 4. The number of phenols is 1. The van der Waals surface area contributed by atoms with Crippen molar-refractivity contribution >= 4 is 13.6 Å². The first-order valence-corrected chi connectivity index (χ1v) is 14.3. The molecule has 0 saturated heterocycles. The molecule has 0 radical (unpaired) electrons. The van der Waals surface area contributed by atoms with Gasteiger partial charge in [-0.1, -0.05) is 60.7 Å². The van der Waals surface area contributed by atoms with E-state index in [9.17, 15) is 22.8 Å². The summed E-state index contributed by atoms with van der Waals surface area (Å²) in [7, 11) is -4.28. The van der Waals surface area contributed by atoms with Crippen LogP contribution in [0.2, 0.25) is 0 Å². The highest BCUT2D eigenvalue weighted by molar-refractivity contribution is 7.53. The quantitative estimate of drug-likeness (QED) is 0.155. The van der Waals surface area contributed by atoms with Crippen LogP contribution in [-0.2, 0) is 17.5 Å². The first-order chi connectivity index (χ1) is 20.1. The molecule has 1 aliphatic rings. The van der Waals surface area contributed by atoms with Crippen molar-refractivity contribution in [3.8, 4) is 23.0 Å². The summed E-state index contributed by atoms with van der Waals surface area (Å²) in [6.07, 6.45) is -3.07. The van der Waals surface area contributed by atoms with E-state index in [1.165, 1.54) is 24.3 Å². The summed E-state index contributed by atoms with van der Waals surface area (Å²) < 4.78 is 73.5. The second kappa shape index (κ2) is 12.0. The highest BCUT2D eigenvalue weighted by Crippen LogP contribution is 2.51. The molecule has 4 aromatic carbocycles. The zero-order valence-electron chi connectivity index (χ0n) is 22.1. The number of ether oxygens (including phenoxy) is 1. The Balaban J connectivity index is 1.60. The van der Waals surface area contributed by atoms with Gasteiger partial charge in [-0.05, 0) is 65.2 Å². The highest BCUT2D eigenvalue weighted by atomic mass is 31.2. The van der Waals surface area contributed by atoms with Crippen molar-refractivity contribution in [2.45, 2.75) is 25.4 Å². The molecule has 1 unspecified atom stereocenters. The molecule has 0 amide bonds. The van der Waals surface area contributed by atoms with Crippen LogP contribution in [0.4, 0.5) is 13.2 Å². The number of halogens is 3. The van der Waals surface area contributed by atoms with Gasteiger partial charge in [-0.25, -0.2) is 4.57 Å². The van der Waals surface area contributed by atoms with Gasteiger partial charge >= 0.3 is 14.1 Å². The van der Waals surface area contributed by atoms with E-state index >= 15 is 0 Å². The summed E-state index contributed by atoms with van der Waals surface area (Å²) in [6.45, 7) is 3.99. The van der Waals surface area contributed by atoms with Gasteiger partial charge in [-0.2, -0.15) is 0 Å². The molecule has 42 heavy (non-hydrogen) atoms. The Bertz CT molecular complexity index is 1590. The normalized spacial score (nSPS) is 16.0. The average molecular weight is 595 g/mol. The van der Waals surface area contributed by atoms with E-state index in [1.807, 2.05) is 0 Å². The van der Waals surface area contributed by atoms with E-state index < -0.39 is 20.2 Å². The van der Waals surface area contributed by atoms with Gasteiger partial charge in [0.25, 0.3) is 0 Å². The number of para-hydroxylation sites is 2. The topological polar surface area (TPSA) is 80.6 Å². The third-order valence-electron chi connectivity index (χ3n) is 6.34. The van der Waals surface area contributed by atoms with Crippen molar-refractivity contribution in [1.29, 1.82) is 0 Å². The first kappa shape index (κ1) is 28.8. The van der Waals surface area contributed by atoms with Crippen LogP contribution in [0.5, 0.6) is 23.0 Å². The van der Waals surface area contributed by atoms with E-state index in [4.69, 9.17) is 9.05 Å². The lowest BCUT2D eigenvalue weighted by Crippen LogP contribution is -2.39. The smallest absolute Gasteiger partial charge is 0.508 e. The average Bonchev–Trinajstić information content (AvgIpc) is 2.94. The summed E-state index contributed by atoms with van der Waals surface area (Å²) in [5.41, 5.74) is 1.96. The van der Waals surface area contributed by atoms with Crippen molar-refractivity contribution < 1.29 is 36.6 Å². The van der Waals surface area contributed by atoms with Crippen LogP contribution in [-0.4, -0.2) is 22.2 Å². The number of amidine groups is 1. The number of fused-ring (bicyclic) bond motifs is 1. The van der Waals surface area contributed by atoms with Gasteiger partial charge < -0.3 is 23.8 Å². The van der Waals surface area contributed by atoms with Gasteiger partial charge in [-0.15, -0.1) is 24.5 Å². The summed E-state index contributed by atoms with van der Waals surface area (Å²) in [4.78, 5) is 1.73. The van der Waals surface area contributed by atoms with Crippen LogP contribution >= 0.6 is 7.75 Å². The predicted molar refractivity (Wildman–Crippen MR) is 153 cm³/mol. The fraction of sp³-hybridized carbons (Fsp3) is 0.129. The molecule has 7 nitrogen and oxygen atoms in total.